The molecule has 4 rings (SSSR count). The van der Waals surface area contributed by atoms with Crippen molar-refractivity contribution in [3.8, 4) is 0 Å². The first kappa shape index (κ1) is 28.9. The van der Waals surface area contributed by atoms with Gasteiger partial charge in [0.05, 0.1) is 11.0 Å². The van der Waals surface area contributed by atoms with Gasteiger partial charge in [0, 0.05) is 30.9 Å². The smallest absolute Gasteiger partial charge is 0.382 e. The molecule has 1 N–H and O–H groups in total. The summed E-state index contributed by atoms with van der Waals surface area (Å²) in [6.45, 7) is 3.65. The number of nitro groups is 1. The van der Waals surface area contributed by atoms with E-state index in [1.807, 2.05) is 4.90 Å². The van der Waals surface area contributed by atoms with Gasteiger partial charge in [-0.25, -0.2) is 0 Å². The number of likely N-dealkylation sites (tertiary alicyclic amines) is 1. The topological polar surface area (TPSA) is 84.7 Å². The van der Waals surface area contributed by atoms with Gasteiger partial charge < -0.3 is 15.0 Å². The van der Waals surface area contributed by atoms with Gasteiger partial charge in [-0.05, 0) is 74.1 Å². The number of carbonyl (C=O) groups is 1. The molecule has 1 aliphatic heterocycles. The lowest BCUT2D eigenvalue weighted by molar-refractivity contribution is -0.388. The zero-order valence-corrected chi connectivity index (χ0v) is 22.2. The lowest BCUT2D eigenvalue weighted by atomic mass is 9.88. The molecule has 1 heterocycles. The van der Waals surface area contributed by atoms with Crippen LogP contribution in [0.3, 0.4) is 0 Å². The number of piperidine rings is 1. The number of anilines is 1. The van der Waals surface area contributed by atoms with Crippen molar-refractivity contribution in [2.75, 3.05) is 25.0 Å². The van der Waals surface area contributed by atoms with Gasteiger partial charge in [-0.3, -0.25) is 14.9 Å². The molecule has 0 unspecified atom stereocenters. The third-order valence-corrected chi connectivity index (χ3v) is 7.82. The van der Waals surface area contributed by atoms with Gasteiger partial charge in [0.25, 0.3) is 5.69 Å². The molecule has 0 atom stereocenters. The van der Waals surface area contributed by atoms with E-state index >= 15 is 0 Å². The van der Waals surface area contributed by atoms with Gasteiger partial charge in [-0.15, -0.1) is 0 Å². The molecule has 212 valence electrons. The Morgan fingerprint density at radius 3 is 2.31 bits per heavy atom. The van der Waals surface area contributed by atoms with E-state index in [4.69, 9.17) is 4.74 Å². The van der Waals surface area contributed by atoms with Crippen LogP contribution >= 0.6 is 0 Å². The predicted octanol–water partition coefficient (Wildman–Crippen LogP) is 6.71. The first-order chi connectivity index (χ1) is 18.6. The van der Waals surface area contributed by atoms with E-state index in [9.17, 15) is 28.1 Å². The Bertz CT molecular complexity index is 1120. The van der Waals surface area contributed by atoms with Crippen molar-refractivity contribution in [1.29, 1.82) is 0 Å². The molecule has 0 radical (unpaired) electrons. The van der Waals surface area contributed by atoms with E-state index in [-0.39, 0.29) is 30.3 Å². The average molecular weight is 548 g/mol. The number of hydrogen-bond donors (Lipinski definition) is 1. The minimum atomic E-state index is -4.81. The van der Waals surface area contributed by atoms with Gasteiger partial charge in [0.15, 0.2) is 0 Å². The summed E-state index contributed by atoms with van der Waals surface area (Å²) in [5, 5.41) is 14.0. The molecule has 0 bridgehead atoms. The zero-order valence-electron chi connectivity index (χ0n) is 22.2. The van der Waals surface area contributed by atoms with E-state index < -0.39 is 22.4 Å². The van der Waals surface area contributed by atoms with Crippen molar-refractivity contribution in [3.05, 3.63) is 69.3 Å². The van der Waals surface area contributed by atoms with Crippen molar-refractivity contribution in [2.24, 2.45) is 0 Å². The highest BCUT2D eigenvalue weighted by molar-refractivity contribution is 5.77. The fourth-order valence-corrected chi connectivity index (χ4v) is 5.61. The highest BCUT2D eigenvalue weighted by Gasteiger charge is 2.38. The molecule has 1 saturated carbocycles. The third-order valence-electron chi connectivity index (χ3n) is 7.82. The summed E-state index contributed by atoms with van der Waals surface area (Å²) >= 11 is 0. The Labute approximate surface area is 226 Å². The Morgan fingerprint density at radius 1 is 1.05 bits per heavy atom. The lowest BCUT2D eigenvalue weighted by Gasteiger charge is -2.33. The van der Waals surface area contributed by atoms with E-state index in [1.165, 1.54) is 17.2 Å². The van der Waals surface area contributed by atoms with Crippen LogP contribution in [0.25, 0.3) is 0 Å². The molecule has 0 aromatic heterocycles. The summed E-state index contributed by atoms with van der Waals surface area (Å²) in [6.07, 6.45) is 1.91. The number of carbonyl (C=O) groups excluding carboxylic acids is 1. The number of nitro benzene ring substituents is 1. The third kappa shape index (κ3) is 7.71. The monoisotopic (exact) mass is 547 g/mol. The number of alkyl halides is 3. The van der Waals surface area contributed by atoms with Crippen LogP contribution in [-0.2, 0) is 22.1 Å². The maximum atomic E-state index is 13.3. The second kappa shape index (κ2) is 12.8. The van der Waals surface area contributed by atoms with E-state index in [2.05, 4.69) is 36.5 Å². The second-order valence-corrected chi connectivity index (χ2v) is 10.6. The largest absolute Gasteiger partial charge is 0.423 e. The summed E-state index contributed by atoms with van der Waals surface area (Å²) in [7, 11) is 0. The molecule has 1 amide bonds. The van der Waals surface area contributed by atoms with Crippen LogP contribution in [0, 0.1) is 10.1 Å². The van der Waals surface area contributed by atoms with Gasteiger partial charge >= 0.3 is 6.18 Å². The minimum absolute atomic E-state index is 0.00227. The average Bonchev–Trinajstić information content (AvgIpc) is 2.92. The van der Waals surface area contributed by atoms with Gasteiger partial charge in [-0.2, -0.15) is 13.2 Å². The Hall–Kier alpha value is -3.14. The molecule has 1 aliphatic carbocycles. The number of hydrogen-bond acceptors (Lipinski definition) is 5. The molecular weight excluding hydrogens is 511 g/mol. The first-order valence-corrected chi connectivity index (χ1v) is 13.7. The first-order valence-electron chi connectivity index (χ1n) is 13.7. The number of nitrogens with one attached hydrogen (secondary N) is 1. The maximum Gasteiger partial charge on any atom is 0.423 e. The van der Waals surface area contributed by atoms with Crippen LogP contribution < -0.4 is 5.32 Å². The van der Waals surface area contributed by atoms with E-state index in [1.54, 1.807) is 0 Å². The summed E-state index contributed by atoms with van der Waals surface area (Å²) in [5.41, 5.74) is 0.680. The molecule has 2 fully saturated rings. The zero-order chi connectivity index (χ0) is 28.0. The minimum Gasteiger partial charge on any atom is -0.382 e. The van der Waals surface area contributed by atoms with Crippen LogP contribution in [-0.4, -0.2) is 47.6 Å². The van der Waals surface area contributed by atoms with Crippen LogP contribution in [0.2, 0.25) is 0 Å². The van der Waals surface area contributed by atoms with Gasteiger partial charge in [-0.1, -0.05) is 37.6 Å². The fourth-order valence-electron chi connectivity index (χ4n) is 5.61. The van der Waals surface area contributed by atoms with Crippen molar-refractivity contribution in [3.63, 3.8) is 0 Å². The van der Waals surface area contributed by atoms with Crippen molar-refractivity contribution >= 4 is 17.3 Å². The van der Waals surface area contributed by atoms with Crippen LogP contribution in [0.5, 0.6) is 0 Å². The molecule has 39 heavy (non-hydrogen) atoms. The fraction of sp³-hybridized carbons (Fsp3) is 0.552. The molecule has 2 aliphatic rings. The molecule has 7 nitrogen and oxygen atoms in total. The summed E-state index contributed by atoms with van der Waals surface area (Å²) in [5.74, 6) is 0.467. The van der Waals surface area contributed by atoms with Crippen LogP contribution in [0.15, 0.2) is 42.5 Å². The van der Waals surface area contributed by atoms with E-state index in [0.29, 0.717) is 31.6 Å². The Morgan fingerprint density at radius 2 is 1.72 bits per heavy atom. The van der Waals surface area contributed by atoms with Crippen molar-refractivity contribution in [1.82, 2.24) is 4.90 Å². The molecule has 1 saturated heterocycles. The number of nitrogens with zero attached hydrogens (tertiary/aromatic N) is 2. The van der Waals surface area contributed by atoms with Crippen molar-refractivity contribution in [2.45, 2.75) is 82.5 Å². The van der Waals surface area contributed by atoms with Crippen molar-refractivity contribution < 1.29 is 27.6 Å². The Balaban J connectivity index is 1.18. The lowest BCUT2D eigenvalue weighted by Crippen LogP contribution is -2.41. The Kier molecular flexibility index (Phi) is 9.48. The highest BCUT2D eigenvalue weighted by Crippen LogP contribution is 2.38. The number of amides is 1. The summed E-state index contributed by atoms with van der Waals surface area (Å²) < 4.78 is 45.7. The number of aryl methyl sites for hydroxylation is 1. The summed E-state index contributed by atoms with van der Waals surface area (Å²) in [6, 6.07) is 11.8. The molecule has 2 aromatic carbocycles. The highest BCUT2D eigenvalue weighted by atomic mass is 19.4. The molecular formula is C29H36F3N3O4. The number of halogens is 3. The number of rotatable bonds is 9. The molecule has 10 heteroatoms. The molecule has 2 aromatic rings. The number of benzene rings is 2. The number of ether oxygens (including phenoxy) is 1. The summed E-state index contributed by atoms with van der Waals surface area (Å²) in [4.78, 5) is 24.6. The quantitative estimate of drug-likeness (QED) is 0.279. The predicted molar refractivity (Wildman–Crippen MR) is 143 cm³/mol. The van der Waals surface area contributed by atoms with Crippen LogP contribution in [0.4, 0.5) is 24.5 Å². The van der Waals surface area contributed by atoms with E-state index in [0.717, 1.165) is 50.9 Å². The maximum absolute atomic E-state index is 13.3. The second-order valence-electron chi connectivity index (χ2n) is 10.6. The standard InChI is InChI=1S/C29H36F3N3O4/c1-2-3-20-4-6-21(7-5-20)22-14-16-34(17-15-22)28(36)19-39-25-11-8-23(9-12-25)33-24-10-13-27(35(37)38)26(18-24)29(30,31)32/h4-7,10,13,18,22-23,25,33H,2-3,8-9,11-12,14-17,19H2,1H3/t23-,25-. The molecule has 0 spiro atoms. The van der Waals surface area contributed by atoms with Crippen LogP contribution in [0.1, 0.15) is 74.5 Å². The normalized spacial score (nSPS) is 20.6. The van der Waals surface area contributed by atoms with Gasteiger partial charge in [0.1, 0.15) is 12.2 Å². The van der Waals surface area contributed by atoms with Gasteiger partial charge in [0.2, 0.25) is 5.91 Å². The SMILES string of the molecule is CCCc1ccc(C2CCN(C(=O)CO[C@H]3CC[C@H](Nc4ccc([N+](=O)[O-])c(C(F)(F)F)c4)CC3)CC2)cc1.